The van der Waals surface area contributed by atoms with E-state index in [0.717, 1.165) is 17.5 Å². The Hall–Kier alpha value is -4.07. The van der Waals surface area contributed by atoms with E-state index in [9.17, 15) is 9.59 Å². The standard InChI is InChI=1S/C27H30N6O2/c1-4-27(2,3)29-26(35)25(21-14-16-28-17-15-21)32(18-20-10-6-5-7-11-20)24(34)19-33-23-13-9-8-12-22(23)30-31-33/h5-17,25H,4,18-19H2,1-3H3,(H,29,35)/t25-/m1/s1. The molecule has 4 aromatic rings. The zero-order valence-electron chi connectivity index (χ0n) is 20.3. The van der Waals surface area contributed by atoms with Crippen LogP contribution < -0.4 is 5.32 Å². The van der Waals surface area contributed by atoms with Crippen molar-refractivity contribution in [3.63, 3.8) is 0 Å². The maximum atomic E-state index is 13.9. The number of para-hydroxylation sites is 1. The largest absolute Gasteiger partial charge is 0.349 e. The summed E-state index contributed by atoms with van der Waals surface area (Å²) in [7, 11) is 0. The lowest BCUT2D eigenvalue weighted by Gasteiger charge is -2.34. The fourth-order valence-corrected chi connectivity index (χ4v) is 3.87. The molecule has 0 saturated carbocycles. The fourth-order valence-electron chi connectivity index (χ4n) is 3.87. The molecule has 1 atom stereocenters. The highest BCUT2D eigenvalue weighted by atomic mass is 16.2. The normalized spacial score (nSPS) is 12.3. The zero-order valence-corrected chi connectivity index (χ0v) is 20.3. The molecule has 0 radical (unpaired) electrons. The van der Waals surface area contributed by atoms with Gasteiger partial charge in [-0.15, -0.1) is 5.10 Å². The van der Waals surface area contributed by atoms with Crippen molar-refractivity contribution in [2.75, 3.05) is 0 Å². The average Bonchev–Trinajstić information content (AvgIpc) is 3.27. The molecular formula is C27H30N6O2. The number of nitrogens with zero attached hydrogens (tertiary/aromatic N) is 5. The van der Waals surface area contributed by atoms with Gasteiger partial charge in [0.05, 0.1) is 5.52 Å². The number of pyridine rings is 1. The lowest BCUT2D eigenvalue weighted by Crippen LogP contribution is -2.50. The molecular weight excluding hydrogens is 440 g/mol. The summed E-state index contributed by atoms with van der Waals surface area (Å²) in [6, 6.07) is 19.9. The van der Waals surface area contributed by atoms with Crippen LogP contribution in [-0.4, -0.2) is 42.2 Å². The van der Waals surface area contributed by atoms with Crippen LogP contribution in [0.15, 0.2) is 79.1 Å². The van der Waals surface area contributed by atoms with Gasteiger partial charge in [-0.2, -0.15) is 0 Å². The Morgan fingerprint density at radius 2 is 1.69 bits per heavy atom. The summed E-state index contributed by atoms with van der Waals surface area (Å²) in [5.74, 6) is -0.480. The van der Waals surface area contributed by atoms with E-state index < -0.39 is 11.6 Å². The number of carbonyl (C=O) groups excluding carboxylic acids is 2. The quantitative estimate of drug-likeness (QED) is 0.400. The Balaban J connectivity index is 1.74. The van der Waals surface area contributed by atoms with Crippen LogP contribution in [0.25, 0.3) is 11.0 Å². The minimum Gasteiger partial charge on any atom is -0.349 e. The molecule has 0 aliphatic carbocycles. The van der Waals surface area contributed by atoms with Gasteiger partial charge in [0.1, 0.15) is 18.1 Å². The van der Waals surface area contributed by atoms with Gasteiger partial charge in [-0.05, 0) is 55.7 Å². The first-order valence-electron chi connectivity index (χ1n) is 11.7. The third-order valence-corrected chi connectivity index (χ3v) is 6.15. The van der Waals surface area contributed by atoms with Gasteiger partial charge in [0.2, 0.25) is 11.8 Å². The summed E-state index contributed by atoms with van der Waals surface area (Å²) in [5, 5.41) is 11.5. The molecule has 0 bridgehead atoms. The van der Waals surface area contributed by atoms with E-state index in [4.69, 9.17) is 0 Å². The topological polar surface area (TPSA) is 93.0 Å². The first-order chi connectivity index (χ1) is 16.9. The summed E-state index contributed by atoms with van der Waals surface area (Å²) in [4.78, 5) is 33.3. The van der Waals surface area contributed by atoms with E-state index in [0.29, 0.717) is 11.1 Å². The zero-order chi connectivity index (χ0) is 24.8. The predicted octanol–water partition coefficient (Wildman–Crippen LogP) is 3.90. The number of rotatable bonds is 9. The summed E-state index contributed by atoms with van der Waals surface area (Å²) >= 11 is 0. The predicted molar refractivity (Wildman–Crippen MR) is 134 cm³/mol. The number of carbonyl (C=O) groups is 2. The highest BCUT2D eigenvalue weighted by molar-refractivity contribution is 5.89. The van der Waals surface area contributed by atoms with Gasteiger partial charge in [0, 0.05) is 24.5 Å². The number of hydrogen-bond donors (Lipinski definition) is 1. The minimum atomic E-state index is -0.841. The molecule has 0 aliphatic rings. The van der Waals surface area contributed by atoms with Crippen LogP contribution in [0, 0.1) is 0 Å². The third kappa shape index (κ3) is 5.71. The van der Waals surface area contributed by atoms with Crippen LogP contribution >= 0.6 is 0 Å². The molecule has 180 valence electrons. The van der Waals surface area contributed by atoms with Crippen LogP contribution in [0.5, 0.6) is 0 Å². The molecule has 0 aliphatic heterocycles. The molecule has 4 rings (SSSR count). The Morgan fingerprint density at radius 1 is 1.00 bits per heavy atom. The molecule has 2 amide bonds. The summed E-state index contributed by atoms with van der Waals surface area (Å²) < 4.78 is 1.58. The van der Waals surface area contributed by atoms with Gasteiger partial charge in [0.15, 0.2) is 0 Å². The molecule has 8 heteroatoms. The first-order valence-corrected chi connectivity index (χ1v) is 11.7. The van der Waals surface area contributed by atoms with Crippen molar-refractivity contribution in [1.82, 2.24) is 30.2 Å². The van der Waals surface area contributed by atoms with Gasteiger partial charge < -0.3 is 10.2 Å². The number of fused-ring (bicyclic) bond motifs is 1. The second-order valence-corrected chi connectivity index (χ2v) is 9.15. The van der Waals surface area contributed by atoms with E-state index in [1.165, 1.54) is 0 Å². The van der Waals surface area contributed by atoms with Crippen molar-refractivity contribution in [2.45, 2.75) is 51.9 Å². The Kier molecular flexibility index (Phi) is 7.19. The van der Waals surface area contributed by atoms with E-state index in [1.807, 2.05) is 75.4 Å². The third-order valence-electron chi connectivity index (χ3n) is 6.15. The van der Waals surface area contributed by atoms with E-state index in [2.05, 4.69) is 20.6 Å². The summed E-state index contributed by atoms with van der Waals surface area (Å²) in [5.41, 5.74) is 2.66. The smallest absolute Gasteiger partial charge is 0.247 e. The Morgan fingerprint density at radius 3 is 2.40 bits per heavy atom. The number of aromatic nitrogens is 4. The van der Waals surface area contributed by atoms with Crippen LogP contribution in [-0.2, 0) is 22.7 Å². The van der Waals surface area contributed by atoms with Gasteiger partial charge >= 0.3 is 0 Å². The van der Waals surface area contributed by atoms with Crippen LogP contribution in [0.3, 0.4) is 0 Å². The molecule has 0 spiro atoms. The number of nitrogens with one attached hydrogen (secondary N) is 1. The molecule has 2 aromatic heterocycles. The number of hydrogen-bond acceptors (Lipinski definition) is 5. The molecule has 35 heavy (non-hydrogen) atoms. The molecule has 2 heterocycles. The molecule has 2 aromatic carbocycles. The number of amides is 2. The van der Waals surface area contributed by atoms with Gasteiger partial charge in [-0.25, -0.2) is 4.68 Å². The fraction of sp³-hybridized carbons (Fsp3) is 0.296. The lowest BCUT2D eigenvalue weighted by atomic mass is 9.98. The van der Waals surface area contributed by atoms with E-state index >= 15 is 0 Å². The van der Waals surface area contributed by atoms with Crippen molar-refractivity contribution in [2.24, 2.45) is 0 Å². The van der Waals surface area contributed by atoms with Crippen LogP contribution in [0.2, 0.25) is 0 Å². The van der Waals surface area contributed by atoms with Crippen molar-refractivity contribution < 1.29 is 9.59 Å². The molecule has 1 N–H and O–H groups in total. The van der Waals surface area contributed by atoms with Crippen LogP contribution in [0.1, 0.15) is 44.4 Å². The van der Waals surface area contributed by atoms with E-state index in [-0.39, 0.29) is 24.9 Å². The van der Waals surface area contributed by atoms with E-state index in [1.54, 1.807) is 34.1 Å². The highest BCUT2D eigenvalue weighted by Gasteiger charge is 2.34. The van der Waals surface area contributed by atoms with Crippen molar-refractivity contribution in [1.29, 1.82) is 0 Å². The number of benzene rings is 2. The molecule has 0 fully saturated rings. The summed E-state index contributed by atoms with van der Waals surface area (Å²) in [6.07, 6.45) is 4.02. The van der Waals surface area contributed by atoms with Crippen molar-refractivity contribution >= 4 is 22.8 Å². The van der Waals surface area contributed by atoms with Crippen molar-refractivity contribution in [3.8, 4) is 0 Å². The Labute approximate surface area is 205 Å². The minimum absolute atomic E-state index is 0.0423. The van der Waals surface area contributed by atoms with Crippen molar-refractivity contribution in [3.05, 3.63) is 90.3 Å². The second-order valence-electron chi connectivity index (χ2n) is 9.15. The molecule has 0 unspecified atom stereocenters. The first kappa shape index (κ1) is 24.1. The maximum absolute atomic E-state index is 13.9. The molecule has 0 saturated heterocycles. The highest BCUT2D eigenvalue weighted by Crippen LogP contribution is 2.25. The van der Waals surface area contributed by atoms with Crippen LogP contribution in [0.4, 0.5) is 0 Å². The van der Waals surface area contributed by atoms with Gasteiger partial charge in [0.25, 0.3) is 0 Å². The Bertz CT molecular complexity index is 1290. The monoisotopic (exact) mass is 470 g/mol. The average molecular weight is 471 g/mol. The SMILES string of the molecule is CCC(C)(C)NC(=O)[C@@H](c1ccncc1)N(Cc1ccccc1)C(=O)Cn1nnc2ccccc21. The molecule has 8 nitrogen and oxygen atoms in total. The summed E-state index contributed by atoms with van der Waals surface area (Å²) in [6.45, 7) is 6.18. The van der Waals surface area contributed by atoms with Gasteiger partial charge in [-0.3, -0.25) is 14.6 Å². The second kappa shape index (κ2) is 10.5. The maximum Gasteiger partial charge on any atom is 0.247 e. The lowest BCUT2D eigenvalue weighted by molar-refractivity contribution is -0.143. The van der Waals surface area contributed by atoms with Gasteiger partial charge in [-0.1, -0.05) is 54.6 Å².